The van der Waals surface area contributed by atoms with Gasteiger partial charge in [-0.15, -0.1) is 0 Å². The van der Waals surface area contributed by atoms with E-state index in [1.165, 1.54) is 43.1 Å². The number of nitrogens with zero attached hydrogens (tertiary/aromatic N) is 2. The van der Waals surface area contributed by atoms with Gasteiger partial charge in [-0.05, 0) is 116 Å². The van der Waals surface area contributed by atoms with Crippen LogP contribution in [0, 0.1) is 0 Å². The van der Waals surface area contributed by atoms with E-state index >= 15 is 0 Å². The molecule has 0 heterocycles. The monoisotopic (exact) mass is 612 g/mol. The Labute approximate surface area is 280 Å². The summed E-state index contributed by atoms with van der Waals surface area (Å²) in [6, 6.07) is 69.8. The Balaban J connectivity index is 1.34. The summed E-state index contributed by atoms with van der Waals surface area (Å²) in [6.45, 7) is 0. The molecule has 9 aromatic rings. The van der Waals surface area contributed by atoms with Crippen molar-refractivity contribution in [3.8, 4) is 0 Å². The molecule has 0 aliphatic carbocycles. The summed E-state index contributed by atoms with van der Waals surface area (Å²) in [4.78, 5) is 4.69. The normalized spacial score (nSPS) is 11.3. The fourth-order valence-corrected chi connectivity index (χ4v) is 7.23. The van der Waals surface area contributed by atoms with Crippen molar-refractivity contribution in [1.82, 2.24) is 0 Å². The van der Waals surface area contributed by atoms with E-state index in [1.807, 2.05) is 0 Å². The molecule has 0 fully saturated rings. The second-order valence-corrected chi connectivity index (χ2v) is 12.2. The maximum atomic E-state index is 2.39. The molecule has 0 atom stereocenters. The van der Waals surface area contributed by atoms with E-state index in [0.717, 1.165) is 34.1 Å². The Morgan fingerprint density at radius 1 is 0.229 bits per heavy atom. The van der Waals surface area contributed by atoms with Crippen LogP contribution in [0.15, 0.2) is 194 Å². The van der Waals surface area contributed by atoms with Gasteiger partial charge >= 0.3 is 0 Å². The molecule has 0 saturated carbocycles. The maximum Gasteiger partial charge on any atom is 0.0468 e. The van der Waals surface area contributed by atoms with Crippen molar-refractivity contribution in [2.75, 3.05) is 9.80 Å². The quantitative estimate of drug-likeness (QED) is 0.172. The van der Waals surface area contributed by atoms with Crippen LogP contribution in [0.5, 0.6) is 0 Å². The summed E-state index contributed by atoms with van der Waals surface area (Å²) in [5, 5.41) is 10.0. The zero-order chi connectivity index (χ0) is 31.9. The molecule has 0 N–H and O–H groups in total. The van der Waals surface area contributed by atoms with Gasteiger partial charge in [0.2, 0.25) is 0 Å². The summed E-state index contributed by atoms with van der Waals surface area (Å²) in [7, 11) is 0. The van der Waals surface area contributed by atoms with Crippen molar-refractivity contribution in [3.63, 3.8) is 0 Å². The van der Waals surface area contributed by atoms with E-state index < -0.39 is 0 Å². The molecule has 0 amide bonds. The number of hydrogen-bond donors (Lipinski definition) is 0. The topological polar surface area (TPSA) is 6.48 Å². The molecule has 0 unspecified atom stereocenters. The average molecular weight is 613 g/mol. The van der Waals surface area contributed by atoms with Crippen molar-refractivity contribution < 1.29 is 0 Å². The smallest absolute Gasteiger partial charge is 0.0468 e. The molecule has 0 bridgehead atoms. The van der Waals surface area contributed by atoms with Crippen LogP contribution in [0.2, 0.25) is 0 Å². The van der Waals surface area contributed by atoms with Crippen LogP contribution < -0.4 is 9.80 Å². The SMILES string of the molecule is c1ccc(N(c2ccccc2)c2ccc3c(c2)c2ccc4ccccc4c2c2cc(N(c4ccccc4)c4ccccc4)ccc32)cc1. The predicted octanol–water partition coefficient (Wildman–Crippen LogP) is 13.2. The van der Waals surface area contributed by atoms with Crippen molar-refractivity contribution in [1.29, 1.82) is 0 Å². The Hall–Kier alpha value is -6.38. The molecule has 2 heteroatoms. The molecule has 0 aliphatic rings. The van der Waals surface area contributed by atoms with Gasteiger partial charge in [0.05, 0.1) is 0 Å². The Morgan fingerprint density at radius 3 is 1.12 bits per heavy atom. The molecular formula is C46H32N2. The number of rotatable bonds is 6. The molecule has 0 spiro atoms. The lowest BCUT2D eigenvalue weighted by atomic mass is 9.90. The first-order valence-corrected chi connectivity index (χ1v) is 16.4. The van der Waals surface area contributed by atoms with Crippen LogP contribution in [0.3, 0.4) is 0 Å². The summed E-state index contributed by atoms with van der Waals surface area (Å²) in [5.74, 6) is 0. The number of fused-ring (bicyclic) bond motifs is 8. The fourth-order valence-electron chi connectivity index (χ4n) is 7.23. The first kappa shape index (κ1) is 27.9. The van der Waals surface area contributed by atoms with Gasteiger partial charge in [0.15, 0.2) is 0 Å². The second kappa shape index (κ2) is 11.8. The lowest BCUT2D eigenvalue weighted by Gasteiger charge is -2.27. The van der Waals surface area contributed by atoms with Crippen LogP contribution >= 0.6 is 0 Å². The average Bonchev–Trinajstić information content (AvgIpc) is 3.16. The molecule has 2 nitrogen and oxygen atoms in total. The maximum absolute atomic E-state index is 2.39. The third-order valence-electron chi connectivity index (χ3n) is 9.36. The van der Waals surface area contributed by atoms with Gasteiger partial charge in [-0.3, -0.25) is 0 Å². The van der Waals surface area contributed by atoms with Crippen LogP contribution in [0.25, 0.3) is 43.1 Å². The van der Waals surface area contributed by atoms with Gasteiger partial charge in [-0.1, -0.05) is 121 Å². The van der Waals surface area contributed by atoms with Crippen LogP contribution in [-0.2, 0) is 0 Å². The van der Waals surface area contributed by atoms with E-state index in [4.69, 9.17) is 0 Å². The molecular weight excluding hydrogens is 581 g/mol. The third kappa shape index (κ3) is 4.74. The molecule has 9 rings (SSSR count). The summed E-state index contributed by atoms with van der Waals surface area (Å²) >= 11 is 0. The van der Waals surface area contributed by atoms with E-state index in [9.17, 15) is 0 Å². The molecule has 226 valence electrons. The molecule has 48 heavy (non-hydrogen) atoms. The highest BCUT2D eigenvalue weighted by Gasteiger charge is 2.18. The van der Waals surface area contributed by atoms with Crippen LogP contribution in [0.4, 0.5) is 34.1 Å². The molecule has 0 aromatic heterocycles. The first-order chi connectivity index (χ1) is 23.8. The van der Waals surface area contributed by atoms with E-state index in [-0.39, 0.29) is 0 Å². The van der Waals surface area contributed by atoms with Crippen molar-refractivity contribution >= 4 is 77.2 Å². The molecule has 9 aromatic carbocycles. The molecule has 0 radical (unpaired) electrons. The summed E-state index contributed by atoms with van der Waals surface area (Å²) in [6.07, 6.45) is 0. The van der Waals surface area contributed by atoms with Gasteiger partial charge in [0.1, 0.15) is 0 Å². The Kier molecular flexibility index (Phi) is 6.84. The fraction of sp³-hybridized carbons (Fsp3) is 0. The lowest BCUT2D eigenvalue weighted by molar-refractivity contribution is 1.29. The molecule has 0 saturated heterocycles. The summed E-state index contributed by atoms with van der Waals surface area (Å²) < 4.78 is 0. The molecule has 0 aliphatic heterocycles. The van der Waals surface area contributed by atoms with E-state index in [2.05, 4.69) is 204 Å². The number of anilines is 6. The van der Waals surface area contributed by atoms with Crippen molar-refractivity contribution in [2.45, 2.75) is 0 Å². The largest absolute Gasteiger partial charge is 0.310 e. The van der Waals surface area contributed by atoms with Crippen molar-refractivity contribution in [2.24, 2.45) is 0 Å². The highest BCUT2D eigenvalue weighted by atomic mass is 15.1. The second-order valence-electron chi connectivity index (χ2n) is 12.2. The van der Waals surface area contributed by atoms with Gasteiger partial charge in [-0.2, -0.15) is 0 Å². The number of benzene rings is 9. The first-order valence-electron chi connectivity index (χ1n) is 16.4. The highest BCUT2D eigenvalue weighted by molar-refractivity contribution is 6.32. The minimum atomic E-state index is 1.13. The lowest BCUT2D eigenvalue weighted by Crippen LogP contribution is -2.10. The Bertz CT molecular complexity index is 2470. The zero-order valence-corrected chi connectivity index (χ0v) is 26.4. The predicted molar refractivity (Wildman–Crippen MR) is 206 cm³/mol. The van der Waals surface area contributed by atoms with Crippen molar-refractivity contribution in [3.05, 3.63) is 194 Å². The highest BCUT2D eigenvalue weighted by Crippen LogP contribution is 2.45. The van der Waals surface area contributed by atoms with Gasteiger partial charge in [0, 0.05) is 34.1 Å². The minimum Gasteiger partial charge on any atom is -0.310 e. The standard InChI is InChI=1S/C46H32N2/c1-5-16-34(17-6-1)47(35-18-7-2-8-19-35)38-26-29-41-42-30-27-39(48(36-20-9-3-10-21-36)37-22-11-4-12-23-37)32-45(42)46-40-24-14-13-15-33(40)25-28-43(46)44(41)31-38/h1-32H. The zero-order valence-electron chi connectivity index (χ0n) is 26.4. The number of para-hydroxylation sites is 4. The van der Waals surface area contributed by atoms with E-state index in [1.54, 1.807) is 0 Å². The summed E-state index contributed by atoms with van der Waals surface area (Å²) in [5.41, 5.74) is 6.78. The van der Waals surface area contributed by atoms with Gasteiger partial charge in [0.25, 0.3) is 0 Å². The van der Waals surface area contributed by atoms with Gasteiger partial charge < -0.3 is 9.80 Å². The van der Waals surface area contributed by atoms with Crippen LogP contribution in [0.1, 0.15) is 0 Å². The van der Waals surface area contributed by atoms with Crippen LogP contribution in [-0.4, -0.2) is 0 Å². The minimum absolute atomic E-state index is 1.13. The van der Waals surface area contributed by atoms with E-state index in [0.29, 0.717) is 0 Å². The Morgan fingerprint density at radius 2 is 0.625 bits per heavy atom. The number of hydrogen-bond acceptors (Lipinski definition) is 2. The van der Waals surface area contributed by atoms with Gasteiger partial charge in [-0.25, -0.2) is 0 Å². The third-order valence-corrected chi connectivity index (χ3v) is 9.36.